The van der Waals surface area contributed by atoms with Gasteiger partial charge in [-0.3, -0.25) is 24.6 Å². The first-order valence-corrected chi connectivity index (χ1v) is 14.8. The highest BCUT2D eigenvalue weighted by molar-refractivity contribution is 6.27. The SMILES string of the molecule is CC(C)(C)OC(=O)N1CCC(Cc2ccc(Cc3ccc4c5c(cccc35)C(=O)N4C3CCC(=O)NC3=O)cc2)CC1. The van der Waals surface area contributed by atoms with Gasteiger partial charge in [-0.15, -0.1) is 0 Å². The van der Waals surface area contributed by atoms with E-state index in [0.29, 0.717) is 17.9 Å². The van der Waals surface area contributed by atoms with Gasteiger partial charge in [0, 0.05) is 30.5 Å². The summed E-state index contributed by atoms with van der Waals surface area (Å²) in [5.74, 6) is -0.367. The molecule has 3 aliphatic heterocycles. The Labute approximate surface area is 246 Å². The van der Waals surface area contributed by atoms with Crippen molar-refractivity contribution in [2.24, 2.45) is 5.92 Å². The molecule has 6 rings (SSSR count). The highest BCUT2D eigenvalue weighted by Gasteiger charge is 2.40. The normalized spacial score (nSPS) is 19.4. The Kier molecular flexibility index (Phi) is 7.25. The molecule has 4 amide bonds. The third-order valence-corrected chi connectivity index (χ3v) is 8.55. The number of ether oxygens (including phenoxy) is 1. The van der Waals surface area contributed by atoms with E-state index < -0.39 is 17.6 Å². The fourth-order valence-corrected chi connectivity index (χ4v) is 6.45. The average molecular weight is 568 g/mol. The highest BCUT2D eigenvalue weighted by atomic mass is 16.6. The molecule has 0 saturated carbocycles. The molecule has 0 bridgehead atoms. The van der Waals surface area contributed by atoms with E-state index in [9.17, 15) is 19.2 Å². The fourth-order valence-electron chi connectivity index (χ4n) is 6.45. The molecule has 1 N–H and O–H groups in total. The molecular weight excluding hydrogens is 530 g/mol. The summed E-state index contributed by atoms with van der Waals surface area (Å²) in [5.41, 5.74) is 4.46. The number of benzene rings is 3. The van der Waals surface area contributed by atoms with E-state index in [1.165, 1.54) is 11.1 Å². The van der Waals surface area contributed by atoms with Crippen molar-refractivity contribution < 1.29 is 23.9 Å². The van der Waals surface area contributed by atoms with Gasteiger partial charge in [0.05, 0.1) is 5.69 Å². The molecule has 1 unspecified atom stereocenters. The summed E-state index contributed by atoms with van der Waals surface area (Å²) in [5, 5.41) is 4.26. The minimum Gasteiger partial charge on any atom is -0.444 e. The summed E-state index contributed by atoms with van der Waals surface area (Å²) >= 11 is 0. The number of carbonyl (C=O) groups excluding carboxylic acids is 4. The Hall–Kier alpha value is -4.20. The van der Waals surface area contributed by atoms with Gasteiger partial charge in [-0.1, -0.05) is 42.5 Å². The third-order valence-electron chi connectivity index (χ3n) is 8.55. The van der Waals surface area contributed by atoms with Crippen LogP contribution in [-0.4, -0.2) is 53.4 Å². The van der Waals surface area contributed by atoms with Crippen LogP contribution in [0.5, 0.6) is 0 Å². The zero-order chi connectivity index (χ0) is 29.6. The lowest BCUT2D eigenvalue weighted by Gasteiger charge is -2.33. The topological polar surface area (TPSA) is 96.0 Å². The van der Waals surface area contributed by atoms with Gasteiger partial charge in [0.15, 0.2) is 0 Å². The molecule has 3 heterocycles. The monoisotopic (exact) mass is 567 g/mol. The number of rotatable bonds is 5. The quantitative estimate of drug-likeness (QED) is 0.418. The first-order valence-electron chi connectivity index (χ1n) is 14.8. The molecule has 8 heteroatoms. The first-order chi connectivity index (χ1) is 20.1. The number of imide groups is 1. The van der Waals surface area contributed by atoms with Crippen LogP contribution < -0.4 is 10.2 Å². The van der Waals surface area contributed by atoms with Gasteiger partial charge in [0.2, 0.25) is 11.8 Å². The zero-order valence-electron chi connectivity index (χ0n) is 24.4. The minimum atomic E-state index is -0.686. The molecule has 0 radical (unpaired) electrons. The maximum absolute atomic E-state index is 13.4. The average Bonchev–Trinajstić information content (AvgIpc) is 3.23. The lowest BCUT2D eigenvalue weighted by molar-refractivity contribution is -0.134. The molecule has 3 aromatic carbocycles. The van der Waals surface area contributed by atoms with Crippen molar-refractivity contribution >= 4 is 40.3 Å². The molecule has 3 aliphatic rings. The van der Waals surface area contributed by atoms with E-state index in [4.69, 9.17) is 4.74 Å². The standard InChI is InChI=1S/C34H37N3O5/c1-34(2,3)42-33(41)36-17-15-23(16-18-36)19-21-7-9-22(10-8-21)20-24-11-12-27-30-25(24)5-4-6-26(30)32(40)37(27)28-13-14-29(38)35-31(28)39/h4-12,23,28H,13-20H2,1-3H3,(H,35,38,39). The summed E-state index contributed by atoms with van der Waals surface area (Å²) in [6.45, 7) is 7.14. The number of amides is 4. The van der Waals surface area contributed by atoms with Crippen LogP contribution in [0, 0.1) is 5.92 Å². The van der Waals surface area contributed by atoms with Gasteiger partial charge in [0.25, 0.3) is 5.91 Å². The molecular formula is C34H37N3O5. The molecule has 42 heavy (non-hydrogen) atoms. The van der Waals surface area contributed by atoms with Crippen LogP contribution >= 0.6 is 0 Å². The lowest BCUT2D eigenvalue weighted by Crippen LogP contribution is -2.53. The molecule has 218 valence electrons. The predicted octanol–water partition coefficient (Wildman–Crippen LogP) is 5.39. The Morgan fingerprint density at radius 1 is 0.929 bits per heavy atom. The number of likely N-dealkylation sites (tertiary alicyclic amines) is 1. The smallest absolute Gasteiger partial charge is 0.410 e. The van der Waals surface area contributed by atoms with E-state index in [1.807, 2.05) is 56.0 Å². The number of carbonyl (C=O) groups is 4. The van der Waals surface area contributed by atoms with Crippen LogP contribution in [0.3, 0.4) is 0 Å². The third kappa shape index (κ3) is 5.50. The van der Waals surface area contributed by atoms with Crippen molar-refractivity contribution in [1.82, 2.24) is 10.2 Å². The molecule has 2 fully saturated rings. The van der Waals surface area contributed by atoms with Crippen LogP contribution in [0.15, 0.2) is 54.6 Å². The van der Waals surface area contributed by atoms with Crippen LogP contribution in [0.25, 0.3) is 10.8 Å². The summed E-state index contributed by atoms with van der Waals surface area (Å²) < 4.78 is 5.52. The molecule has 2 saturated heterocycles. The fraction of sp³-hybridized carbons (Fsp3) is 0.412. The summed E-state index contributed by atoms with van der Waals surface area (Å²) in [6, 6.07) is 17.8. The number of nitrogens with one attached hydrogen (secondary N) is 1. The van der Waals surface area contributed by atoms with Gasteiger partial charge >= 0.3 is 6.09 Å². The van der Waals surface area contributed by atoms with E-state index >= 15 is 0 Å². The number of nitrogens with zero attached hydrogens (tertiary/aromatic N) is 2. The van der Waals surface area contributed by atoms with Crippen molar-refractivity contribution in [3.63, 3.8) is 0 Å². The molecule has 1 atom stereocenters. The number of hydrogen-bond donors (Lipinski definition) is 1. The van der Waals surface area contributed by atoms with E-state index in [-0.39, 0.29) is 24.3 Å². The van der Waals surface area contributed by atoms with Crippen LogP contribution in [-0.2, 0) is 27.2 Å². The van der Waals surface area contributed by atoms with Crippen molar-refractivity contribution in [2.75, 3.05) is 18.0 Å². The van der Waals surface area contributed by atoms with E-state index in [0.717, 1.165) is 60.8 Å². The molecule has 3 aromatic rings. The highest BCUT2D eigenvalue weighted by Crippen LogP contribution is 2.41. The second-order valence-electron chi connectivity index (χ2n) is 12.7. The van der Waals surface area contributed by atoms with Crippen molar-refractivity contribution in [2.45, 2.75) is 70.9 Å². The molecule has 0 spiro atoms. The van der Waals surface area contributed by atoms with Gasteiger partial charge in [-0.25, -0.2) is 4.79 Å². The second-order valence-corrected chi connectivity index (χ2v) is 12.7. The summed E-state index contributed by atoms with van der Waals surface area (Å²) in [6.07, 6.45) is 3.97. The lowest BCUT2D eigenvalue weighted by atomic mass is 9.89. The van der Waals surface area contributed by atoms with Gasteiger partial charge < -0.3 is 9.64 Å². The number of hydrogen-bond acceptors (Lipinski definition) is 5. The Bertz CT molecular complexity index is 1560. The number of piperidine rings is 2. The zero-order valence-corrected chi connectivity index (χ0v) is 24.4. The summed E-state index contributed by atoms with van der Waals surface area (Å²) in [4.78, 5) is 53.5. The molecule has 8 nitrogen and oxygen atoms in total. The molecule has 0 aliphatic carbocycles. The van der Waals surface area contributed by atoms with Gasteiger partial charge in [-0.2, -0.15) is 0 Å². The maximum atomic E-state index is 13.4. The maximum Gasteiger partial charge on any atom is 0.410 e. The van der Waals surface area contributed by atoms with Crippen molar-refractivity contribution in [3.05, 3.63) is 76.9 Å². The van der Waals surface area contributed by atoms with E-state index in [2.05, 4.69) is 29.6 Å². The largest absolute Gasteiger partial charge is 0.444 e. The number of anilines is 1. The predicted molar refractivity (Wildman–Crippen MR) is 160 cm³/mol. The van der Waals surface area contributed by atoms with Crippen LogP contribution in [0.4, 0.5) is 10.5 Å². The van der Waals surface area contributed by atoms with Crippen LogP contribution in [0.1, 0.15) is 73.5 Å². The van der Waals surface area contributed by atoms with Crippen molar-refractivity contribution in [3.8, 4) is 0 Å². The van der Waals surface area contributed by atoms with Gasteiger partial charge in [-0.05, 0) is 93.0 Å². The Morgan fingerprint density at radius 2 is 1.64 bits per heavy atom. The minimum absolute atomic E-state index is 0.191. The van der Waals surface area contributed by atoms with Gasteiger partial charge in [0.1, 0.15) is 11.6 Å². The van der Waals surface area contributed by atoms with Crippen LogP contribution in [0.2, 0.25) is 0 Å². The molecule has 0 aromatic heterocycles. The second kappa shape index (κ2) is 10.9. The Morgan fingerprint density at radius 3 is 2.33 bits per heavy atom. The summed E-state index contributed by atoms with van der Waals surface area (Å²) in [7, 11) is 0. The van der Waals surface area contributed by atoms with E-state index in [1.54, 1.807) is 4.90 Å². The van der Waals surface area contributed by atoms with Crippen molar-refractivity contribution in [1.29, 1.82) is 0 Å². The Balaban J connectivity index is 1.13. The first kappa shape index (κ1) is 27.9.